The van der Waals surface area contributed by atoms with Crippen molar-refractivity contribution in [3.8, 4) is 5.75 Å². The summed E-state index contributed by atoms with van der Waals surface area (Å²) in [5, 5.41) is 0. The van der Waals surface area contributed by atoms with Gasteiger partial charge in [0.2, 0.25) is 0 Å². The third kappa shape index (κ3) is 3.53. The van der Waals surface area contributed by atoms with Gasteiger partial charge in [0.05, 0.1) is 19.9 Å². The molecular formula is C20H23NO3. The quantitative estimate of drug-likeness (QED) is 0.846. The molecule has 0 atom stereocenters. The van der Waals surface area contributed by atoms with Crippen molar-refractivity contribution in [3.63, 3.8) is 0 Å². The predicted molar refractivity (Wildman–Crippen MR) is 93.0 cm³/mol. The molecule has 0 aliphatic carbocycles. The van der Waals surface area contributed by atoms with E-state index in [4.69, 9.17) is 16.3 Å². The van der Waals surface area contributed by atoms with Crippen LogP contribution in [0.3, 0.4) is 0 Å². The fourth-order valence-corrected chi connectivity index (χ4v) is 2.56. The van der Waals surface area contributed by atoms with E-state index in [0.717, 1.165) is 5.56 Å². The number of carbonyl (C=O) groups is 1. The van der Waals surface area contributed by atoms with E-state index in [2.05, 4.69) is 0 Å². The summed E-state index contributed by atoms with van der Waals surface area (Å²) in [6.45, 7) is 5.59. The standard InChI is InChI=1S/C20H23NO3/c1-19(2,3)24-18(22)21-14-20(15-21,16-10-6-4-7-11-16)23-17-12-8-5-9-13-17/h4-13H,14-15H2,1-3H3/i5D,8D,9D,12D,13D. The van der Waals surface area contributed by atoms with Gasteiger partial charge in [0, 0.05) is 0 Å². The summed E-state index contributed by atoms with van der Waals surface area (Å²) in [7, 11) is 0. The first-order chi connectivity index (χ1) is 13.4. The number of carbonyl (C=O) groups excluding carboxylic acids is 1. The van der Waals surface area contributed by atoms with Crippen molar-refractivity contribution in [2.24, 2.45) is 0 Å². The molecule has 1 heterocycles. The van der Waals surface area contributed by atoms with Gasteiger partial charge in [0.25, 0.3) is 0 Å². The first kappa shape index (κ1) is 11.1. The molecule has 1 aliphatic rings. The fourth-order valence-electron chi connectivity index (χ4n) is 2.56. The number of nitrogens with zero attached hydrogens (tertiary/aromatic N) is 1. The number of benzene rings is 2. The van der Waals surface area contributed by atoms with Crippen LogP contribution in [0.15, 0.2) is 60.5 Å². The summed E-state index contributed by atoms with van der Waals surface area (Å²) in [5.41, 5.74) is -0.936. The molecule has 0 N–H and O–H groups in total. The maximum Gasteiger partial charge on any atom is 0.410 e. The first-order valence-corrected chi connectivity index (χ1v) is 7.74. The lowest BCUT2D eigenvalue weighted by molar-refractivity contribution is -0.0863. The number of amides is 1. The molecule has 4 heteroatoms. The zero-order valence-corrected chi connectivity index (χ0v) is 14.0. The topological polar surface area (TPSA) is 38.8 Å². The summed E-state index contributed by atoms with van der Waals surface area (Å²) in [4.78, 5) is 13.9. The van der Waals surface area contributed by atoms with Gasteiger partial charge in [0.1, 0.15) is 11.4 Å². The van der Waals surface area contributed by atoms with Crippen molar-refractivity contribution in [3.05, 3.63) is 66.1 Å². The predicted octanol–water partition coefficient (Wildman–Crippen LogP) is 4.21. The van der Waals surface area contributed by atoms with Crippen molar-refractivity contribution < 1.29 is 21.1 Å². The van der Waals surface area contributed by atoms with E-state index in [0.29, 0.717) is 0 Å². The van der Waals surface area contributed by atoms with Gasteiger partial charge in [-0.25, -0.2) is 4.79 Å². The highest BCUT2D eigenvalue weighted by molar-refractivity contribution is 5.70. The maximum atomic E-state index is 12.4. The van der Waals surface area contributed by atoms with Gasteiger partial charge in [-0.3, -0.25) is 4.90 Å². The van der Waals surface area contributed by atoms with Gasteiger partial charge in [-0.15, -0.1) is 0 Å². The van der Waals surface area contributed by atoms with E-state index in [-0.39, 0.29) is 18.8 Å². The highest BCUT2D eigenvalue weighted by Gasteiger charge is 2.50. The molecule has 1 fully saturated rings. The van der Waals surface area contributed by atoms with E-state index < -0.39 is 47.5 Å². The van der Waals surface area contributed by atoms with E-state index in [1.807, 2.05) is 30.3 Å². The summed E-state index contributed by atoms with van der Waals surface area (Å²) < 4.78 is 51.2. The lowest BCUT2D eigenvalue weighted by Gasteiger charge is -2.49. The Balaban J connectivity index is 1.96. The zero-order chi connectivity index (χ0) is 21.6. The molecule has 0 radical (unpaired) electrons. The first-order valence-electron chi connectivity index (χ1n) is 10.2. The Morgan fingerprint density at radius 2 is 1.75 bits per heavy atom. The summed E-state index contributed by atoms with van der Waals surface area (Å²) in [6.07, 6.45) is -0.492. The van der Waals surface area contributed by atoms with Crippen LogP contribution >= 0.6 is 0 Å². The lowest BCUT2D eigenvalue weighted by atomic mass is 9.86. The van der Waals surface area contributed by atoms with Crippen LogP contribution in [0.4, 0.5) is 4.79 Å². The molecule has 0 saturated carbocycles. The molecule has 1 amide bonds. The summed E-state index contributed by atoms with van der Waals surface area (Å²) in [5.74, 6) is -0.233. The Bertz CT molecular complexity index is 908. The minimum Gasteiger partial charge on any atom is -0.479 e. The van der Waals surface area contributed by atoms with Crippen LogP contribution in [0.2, 0.25) is 0 Å². The molecule has 3 rings (SSSR count). The average molecular weight is 330 g/mol. The second-order valence-corrected chi connectivity index (χ2v) is 6.75. The van der Waals surface area contributed by atoms with Crippen molar-refractivity contribution in [2.45, 2.75) is 32.0 Å². The molecule has 2 aromatic carbocycles. The Morgan fingerprint density at radius 3 is 2.33 bits per heavy atom. The van der Waals surface area contributed by atoms with Crippen molar-refractivity contribution in [1.82, 2.24) is 4.90 Å². The minimum absolute atomic E-state index is 0.133. The third-order valence-corrected chi connectivity index (χ3v) is 3.62. The van der Waals surface area contributed by atoms with E-state index in [1.165, 1.54) is 4.90 Å². The van der Waals surface area contributed by atoms with Crippen LogP contribution in [-0.4, -0.2) is 29.7 Å². The third-order valence-electron chi connectivity index (χ3n) is 3.62. The monoisotopic (exact) mass is 330 g/mol. The van der Waals surface area contributed by atoms with E-state index >= 15 is 0 Å². The fraction of sp³-hybridized carbons (Fsp3) is 0.350. The minimum atomic E-state index is -1.04. The second-order valence-electron chi connectivity index (χ2n) is 6.75. The zero-order valence-electron chi connectivity index (χ0n) is 19.0. The molecule has 1 aliphatic heterocycles. The number of rotatable bonds is 3. The normalized spacial score (nSPS) is 19.1. The van der Waals surface area contributed by atoms with Gasteiger partial charge in [0.15, 0.2) is 5.60 Å². The average Bonchev–Trinajstić information content (AvgIpc) is 2.63. The van der Waals surface area contributed by atoms with E-state index in [9.17, 15) is 4.79 Å². The highest BCUT2D eigenvalue weighted by atomic mass is 16.6. The second kappa shape index (κ2) is 6.19. The number of hydrogen-bond donors (Lipinski definition) is 0. The lowest BCUT2D eigenvalue weighted by Crippen LogP contribution is -2.64. The van der Waals surface area contributed by atoms with E-state index in [1.54, 1.807) is 20.8 Å². The molecule has 1 saturated heterocycles. The molecule has 0 spiro atoms. The molecule has 2 aromatic rings. The molecule has 0 aromatic heterocycles. The molecule has 0 bridgehead atoms. The van der Waals surface area contributed by atoms with Crippen LogP contribution in [0.25, 0.3) is 0 Å². The SMILES string of the molecule is [2H]c1c([2H])c([2H])c(OC2(c3ccccc3)CN(C(=O)OC(C)(C)C)C2)c([2H])c1[2H]. The molecule has 4 nitrogen and oxygen atoms in total. The molecule has 126 valence electrons. The van der Waals surface area contributed by atoms with Gasteiger partial charge in [-0.05, 0) is 38.4 Å². The summed E-state index contributed by atoms with van der Waals surface area (Å²) >= 11 is 0. The smallest absolute Gasteiger partial charge is 0.410 e. The molecular weight excluding hydrogens is 302 g/mol. The molecule has 24 heavy (non-hydrogen) atoms. The van der Waals surface area contributed by atoms with Crippen molar-refractivity contribution in [2.75, 3.05) is 13.1 Å². The Labute approximate surface area is 150 Å². The van der Waals surface area contributed by atoms with Gasteiger partial charge < -0.3 is 9.47 Å². The number of likely N-dealkylation sites (tertiary alicyclic amines) is 1. The van der Waals surface area contributed by atoms with Crippen LogP contribution in [0.5, 0.6) is 5.75 Å². The van der Waals surface area contributed by atoms with Gasteiger partial charge in [-0.2, -0.15) is 0 Å². The van der Waals surface area contributed by atoms with Crippen LogP contribution < -0.4 is 4.74 Å². The Morgan fingerprint density at radius 1 is 1.12 bits per heavy atom. The van der Waals surface area contributed by atoms with Gasteiger partial charge in [-0.1, -0.05) is 48.5 Å². The van der Waals surface area contributed by atoms with Crippen LogP contribution in [-0.2, 0) is 10.3 Å². The number of hydrogen-bond acceptors (Lipinski definition) is 3. The number of para-hydroxylation sites is 1. The summed E-state index contributed by atoms with van der Waals surface area (Å²) in [6, 6.07) is 6.88. The van der Waals surface area contributed by atoms with Crippen LogP contribution in [0, 0.1) is 0 Å². The highest BCUT2D eigenvalue weighted by Crippen LogP contribution is 2.37. The largest absolute Gasteiger partial charge is 0.479 e. The number of ether oxygens (including phenoxy) is 2. The Kier molecular flexibility index (Phi) is 2.87. The van der Waals surface area contributed by atoms with Crippen molar-refractivity contribution in [1.29, 1.82) is 0 Å². The molecule has 0 unspecified atom stereocenters. The van der Waals surface area contributed by atoms with Crippen molar-refractivity contribution >= 4 is 6.09 Å². The maximum absolute atomic E-state index is 12.4. The Hall–Kier alpha value is -2.49. The van der Waals surface area contributed by atoms with Crippen LogP contribution in [0.1, 0.15) is 33.2 Å². The van der Waals surface area contributed by atoms with Gasteiger partial charge >= 0.3 is 6.09 Å².